The summed E-state index contributed by atoms with van der Waals surface area (Å²) < 4.78 is 35.3. The molecule has 4 aromatic rings. The van der Waals surface area contributed by atoms with Crippen molar-refractivity contribution in [3.8, 4) is 5.75 Å². The number of halogens is 1. The van der Waals surface area contributed by atoms with Gasteiger partial charge in [0.2, 0.25) is 11.8 Å². The third-order valence-corrected chi connectivity index (χ3v) is 11.0. The number of carbonyl (C=O) groups is 2. The van der Waals surface area contributed by atoms with E-state index in [2.05, 4.69) is 5.32 Å². The maximum atomic E-state index is 14.8. The minimum Gasteiger partial charge on any atom is -0.497 e. The summed E-state index contributed by atoms with van der Waals surface area (Å²) in [5.41, 5.74) is 3.32. The van der Waals surface area contributed by atoms with Crippen molar-refractivity contribution in [2.45, 2.75) is 69.5 Å². The van der Waals surface area contributed by atoms with Crippen LogP contribution in [0.4, 0.5) is 5.69 Å². The molecule has 1 aliphatic rings. The summed E-state index contributed by atoms with van der Waals surface area (Å²) >= 11 is 6.49. The number of hydrogen-bond donors (Lipinski definition) is 1. The first-order valence-corrected chi connectivity index (χ1v) is 18.0. The number of aryl methyl sites for hydroxylation is 1. The molecular weight excluding hydrogens is 646 g/mol. The normalized spacial score (nSPS) is 13.9. The average Bonchev–Trinajstić information content (AvgIpc) is 3.60. The van der Waals surface area contributed by atoms with E-state index in [1.807, 2.05) is 61.5 Å². The van der Waals surface area contributed by atoms with Gasteiger partial charge in [-0.3, -0.25) is 13.9 Å². The molecule has 1 atom stereocenters. The lowest BCUT2D eigenvalue weighted by atomic mass is 10.0. The number of amides is 2. The highest BCUT2D eigenvalue weighted by Crippen LogP contribution is 2.32. The second-order valence-electron chi connectivity index (χ2n) is 12.3. The Morgan fingerprint density at radius 2 is 1.56 bits per heavy atom. The lowest BCUT2D eigenvalue weighted by molar-refractivity contribution is -0.140. The Kier molecular flexibility index (Phi) is 11.4. The predicted molar refractivity (Wildman–Crippen MR) is 190 cm³/mol. The van der Waals surface area contributed by atoms with Gasteiger partial charge in [-0.2, -0.15) is 0 Å². The van der Waals surface area contributed by atoms with Crippen LogP contribution in [0.3, 0.4) is 0 Å². The summed E-state index contributed by atoms with van der Waals surface area (Å²) in [6.07, 6.45) is 4.07. The maximum absolute atomic E-state index is 14.8. The number of carbonyl (C=O) groups excluding carboxylic acids is 2. The minimum atomic E-state index is -4.24. The van der Waals surface area contributed by atoms with E-state index in [9.17, 15) is 18.0 Å². The maximum Gasteiger partial charge on any atom is 0.264 e. The Labute approximate surface area is 288 Å². The van der Waals surface area contributed by atoms with Gasteiger partial charge < -0.3 is 15.0 Å². The Morgan fingerprint density at radius 1 is 0.896 bits per heavy atom. The van der Waals surface area contributed by atoms with E-state index in [0.29, 0.717) is 16.3 Å². The second kappa shape index (κ2) is 15.7. The molecule has 0 spiro atoms. The molecule has 0 heterocycles. The first-order valence-electron chi connectivity index (χ1n) is 16.2. The van der Waals surface area contributed by atoms with Crippen molar-refractivity contribution in [2.24, 2.45) is 0 Å². The van der Waals surface area contributed by atoms with Gasteiger partial charge in [0.25, 0.3) is 10.0 Å². The van der Waals surface area contributed by atoms with Crippen molar-refractivity contribution in [2.75, 3.05) is 18.0 Å². The van der Waals surface area contributed by atoms with E-state index in [0.717, 1.165) is 46.7 Å². The van der Waals surface area contributed by atoms with Crippen LogP contribution in [0.5, 0.6) is 5.75 Å². The van der Waals surface area contributed by atoms with Crippen LogP contribution in [0.25, 0.3) is 0 Å². The minimum absolute atomic E-state index is 0.0251. The average molecular weight is 688 g/mol. The van der Waals surface area contributed by atoms with Gasteiger partial charge in [-0.25, -0.2) is 8.42 Å². The van der Waals surface area contributed by atoms with Gasteiger partial charge in [-0.1, -0.05) is 90.7 Å². The molecule has 2 amide bonds. The van der Waals surface area contributed by atoms with Crippen LogP contribution >= 0.6 is 11.6 Å². The highest BCUT2D eigenvalue weighted by atomic mass is 35.5. The zero-order valence-corrected chi connectivity index (χ0v) is 29.1. The summed E-state index contributed by atoms with van der Waals surface area (Å²) in [5, 5.41) is 3.57. The number of nitrogens with one attached hydrogen (secondary N) is 1. The highest BCUT2D eigenvalue weighted by Gasteiger charge is 2.36. The number of benzene rings is 4. The van der Waals surface area contributed by atoms with E-state index in [1.165, 1.54) is 17.0 Å². The molecule has 8 nitrogen and oxygen atoms in total. The van der Waals surface area contributed by atoms with Crippen LogP contribution in [0.2, 0.25) is 5.02 Å². The summed E-state index contributed by atoms with van der Waals surface area (Å²) in [4.78, 5) is 30.5. The predicted octanol–water partition coefficient (Wildman–Crippen LogP) is 6.86. The van der Waals surface area contributed by atoms with Gasteiger partial charge in [-0.15, -0.1) is 0 Å². The fourth-order valence-electron chi connectivity index (χ4n) is 6.11. The van der Waals surface area contributed by atoms with Crippen molar-refractivity contribution in [3.63, 3.8) is 0 Å². The Balaban J connectivity index is 1.60. The molecule has 1 fully saturated rings. The summed E-state index contributed by atoms with van der Waals surface area (Å²) in [7, 11) is -2.67. The molecule has 1 N–H and O–H groups in total. The van der Waals surface area contributed by atoms with Gasteiger partial charge in [-0.05, 0) is 79.8 Å². The van der Waals surface area contributed by atoms with Crippen molar-refractivity contribution in [1.29, 1.82) is 0 Å². The van der Waals surface area contributed by atoms with Crippen LogP contribution in [-0.2, 0) is 32.6 Å². The van der Waals surface area contributed by atoms with E-state index in [1.54, 1.807) is 44.4 Å². The quantitative estimate of drug-likeness (QED) is 0.166. The molecule has 0 unspecified atom stereocenters. The van der Waals surface area contributed by atoms with E-state index < -0.39 is 28.5 Å². The van der Waals surface area contributed by atoms with Crippen molar-refractivity contribution >= 4 is 39.1 Å². The molecule has 252 valence electrons. The number of rotatable bonds is 13. The Hall–Kier alpha value is -4.34. The van der Waals surface area contributed by atoms with Gasteiger partial charge in [0.05, 0.1) is 17.7 Å². The molecule has 10 heteroatoms. The first kappa shape index (κ1) is 35.0. The van der Waals surface area contributed by atoms with E-state index in [-0.39, 0.29) is 35.5 Å². The van der Waals surface area contributed by atoms with E-state index in [4.69, 9.17) is 16.3 Å². The Bertz CT molecular complexity index is 1830. The SMILES string of the molecule is COc1cccc(CN(C(=O)CN(c2cccc(Cl)c2C)S(=O)(=O)c2ccc(C)cc2)[C@@H](Cc2ccccc2)C(=O)NC2CCCC2)c1. The molecule has 1 aliphatic carbocycles. The number of anilines is 1. The summed E-state index contributed by atoms with van der Waals surface area (Å²) in [6, 6.07) is 27.4. The topological polar surface area (TPSA) is 96.0 Å². The number of hydrogen-bond acceptors (Lipinski definition) is 5. The molecule has 0 aromatic heterocycles. The van der Waals surface area contributed by atoms with Crippen molar-refractivity contribution < 1.29 is 22.7 Å². The number of methoxy groups -OCH3 is 1. The van der Waals surface area contributed by atoms with Gasteiger partial charge >= 0.3 is 0 Å². The largest absolute Gasteiger partial charge is 0.497 e. The molecule has 1 saturated carbocycles. The van der Waals surface area contributed by atoms with Gasteiger partial charge in [0.1, 0.15) is 18.3 Å². The molecule has 0 radical (unpaired) electrons. The third-order valence-electron chi connectivity index (χ3n) is 8.86. The van der Waals surface area contributed by atoms with Crippen LogP contribution in [0.1, 0.15) is 47.9 Å². The summed E-state index contributed by atoms with van der Waals surface area (Å²) in [5.74, 6) is -0.197. The standard InChI is InChI=1S/C38H42ClN3O5S/c1-27-19-21-33(22-20-27)48(45,46)42(35-18-10-17-34(39)28(35)2)26-37(43)41(25-30-13-9-16-32(23-30)47-3)36(24-29-11-5-4-6-12-29)38(44)40-31-14-7-8-15-31/h4-6,9-13,16-23,31,36H,7-8,14-15,24-26H2,1-3H3,(H,40,44)/t36-/m0/s1. The fourth-order valence-corrected chi connectivity index (χ4v) is 7.75. The second-order valence-corrected chi connectivity index (χ2v) is 14.5. The van der Waals surface area contributed by atoms with Gasteiger partial charge in [0, 0.05) is 24.0 Å². The summed E-state index contributed by atoms with van der Waals surface area (Å²) in [6.45, 7) is 3.10. The molecule has 0 aliphatic heterocycles. The molecule has 4 aromatic carbocycles. The molecule has 0 bridgehead atoms. The molecule has 0 saturated heterocycles. The fraction of sp³-hybridized carbons (Fsp3) is 0.316. The number of nitrogens with zero attached hydrogens (tertiary/aromatic N) is 2. The number of ether oxygens (including phenoxy) is 1. The molecular formula is C38H42ClN3O5S. The van der Waals surface area contributed by atoms with Crippen molar-refractivity contribution in [3.05, 3.63) is 124 Å². The van der Waals surface area contributed by atoms with Crippen LogP contribution in [-0.4, -0.2) is 50.9 Å². The molecule has 5 rings (SSSR count). The monoisotopic (exact) mass is 687 g/mol. The first-order chi connectivity index (χ1) is 23.1. The molecule has 48 heavy (non-hydrogen) atoms. The lowest BCUT2D eigenvalue weighted by Gasteiger charge is -2.34. The zero-order chi connectivity index (χ0) is 34.3. The van der Waals surface area contributed by atoms with Gasteiger partial charge in [0.15, 0.2) is 0 Å². The van der Waals surface area contributed by atoms with Crippen LogP contribution < -0.4 is 14.4 Å². The van der Waals surface area contributed by atoms with Crippen LogP contribution in [0, 0.1) is 13.8 Å². The Morgan fingerprint density at radius 3 is 2.25 bits per heavy atom. The highest BCUT2D eigenvalue weighted by molar-refractivity contribution is 7.92. The van der Waals surface area contributed by atoms with E-state index >= 15 is 0 Å². The zero-order valence-electron chi connectivity index (χ0n) is 27.6. The third kappa shape index (κ3) is 8.38. The lowest BCUT2D eigenvalue weighted by Crippen LogP contribution is -2.54. The smallest absolute Gasteiger partial charge is 0.264 e. The number of sulfonamides is 1. The van der Waals surface area contributed by atoms with Crippen LogP contribution in [0.15, 0.2) is 102 Å². The van der Waals surface area contributed by atoms with Crippen molar-refractivity contribution in [1.82, 2.24) is 10.2 Å².